The summed E-state index contributed by atoms with van der Waals surface area (Å²) in [7, 11) is 6.01. The van der Waals surface area contributed by atoms with Gasteiger partial charge in [-0.25, -0.2) is 0 Å². The highest BCUT2D eigenvalue weighted by Crippen LogP contribution is 2.22. The zero-order valence-corrected chi connectivity index (χ0v) is 13.4. The maximum absolute atomic E-state index is 9.07. The molecule has 0 atom stereocenters. The first kappa shape index (κ1) is 15.0. The minimum absolute atomic E-state index is 0.698. The Labute approximate surface area is 126 Å². The third-order valence-corrected chi connectivity index (χ3v) is 3.95. The molecule has 0 aliphatic rings. The van der Waals surface area contributed by atoms with Crippen LogP contribution in [0.1, 0.15) is 22.5 Å². The summed E-state index contributed by atoms with van der Waals surface area (Å²) < 4.78 is 1.93. The Balaban J connectivity index is 2.16. The van der Waals surface area contributed by atoms with Gasteiger partial charge in [-0.3, -0.25) is 0 Å². The van der Waals surface area contributed by atoms with Crippen LogP contribution in [-0.4, -0.2) is 18.7 Å². The van der Waals surface area contributed by atoms with E-state index in [1.165, 1.54) is 11.3 Å². The number of aromatic nitrogens is 1. The third kappa shape index (κ3) is 3.03. The van der Waals surface area contributed by atoms with Crippen LogP contribution in [0.2, 0.25) is 0 Å². The molecule has 0 spiro atoms. The molecule has 110 valence electrons. The molecule has 1 aromatic carbocycles. The normalized spacial score (nSPS) is 10.3. The maximum atomic E-state index is 9.07. The number of benzene rings is 1. The van der Waals surface area contributed by atoms with Crippen LogP contribution in [0.5, 0.6) is 0 Å². The van der Waals surface area contributed by atoms with Crippen LogP contribution >= 0.6 is 0 Å². The summed E-state index contributed by atoms with van der Waals surface area (Å²) in [6.45, 7) is 4.87. The molecule has 0 saturated carbocycles. The lowest BCUT2D eigenvalue weighted by molar-refractivity contribution is 0.856. The molecule has 4 nitrogen and oxygen atoms in total. The second kappa shape index (κ2) is 5.92. The number of hydrogen-bond donors (Lipinski definition) is 1. The fraction of sp³-hybridized carbons (Fsp3) is 0.353. The standard InChI is InChI=1S/C17H22N4/c1-12-8-15(20(3)4)6-7-17(12)19-11-14-9-16(10-18)21(5)13(14)2/h6-9,19H,11H2,1-5H3. The van der Waals surface area contributed by atoms with Gasteiger partial charge in [-0.1, -0.05) is 0 Å². The summed E-state index contributed by atoms with van der Waals surface area (Å²) in [4.78, 5) is 2.09. The summed E-state index contributed by atoms with van der Waals surface area (Å²) in [5.74, 6) is 0. The van der Waals surface area contributed by atoms with E-state index in [-0.39, 0.29) is 0 Å². The van der Waals surface area contributed by atoms with Gasteiger partial charge in [0.2, 0.25) is 0 Å². The van der Waals surface area contributed by atoms with E-state index < -0.39 is 0 Å². The van der Waals surface area contributed by atoms with Gasteiger partial charge in [-0.2, -0.15) is 5.26 Å². The molecule has 0 amide bonds. The highest BCUT2D eigenvalue weighted by Gasteiger charge is 2.09. The molecule has 21 heavy (non-hydrogen) atoms. The Morgan fingerprint density at radius 2 is 1.95 bits per heavy atom. The maximum Gasteiger partial charge on any atom is 0.120 e. The van der Waals surface area contributed by atoms with Gasteiger partial charge in [0, 0.05) is 44.8 Å². The average Bonchev–Trinajstić information content (AvgIpc) is 2.73. The second-order valence-electron chi connectivity index (χ2n) is 5.56. The second-order valence-corrected chi connectivity index (χ2v) is 5.56. The lowest BCUT2D eigenvalue weighted by atomic mass is 10.1. The van der Waals surface area contributed by atoms with Crippen molar-refractivity contribution >= 4 is 11.4 Å². The lowest BCUT2D eigenvalue weighted by Gasteiger charge is -2.16. The zero-order chi connectivity index (χ0) is 15.6. The number of hydrogen-bond acceptors (Lipinski definition) is 3. The van der Waals surface area contributed by atoms with Crippen molar-refractivity contribution in [3.63, 3.8) is 0 Å². The Kier molecular flexibility index (Phi) is 4.23. The summed E-state index contributed by atoms with van der Waals surface area (Å²) in [5.41, 5.74) is 6.52. The first-order chi connectivity index (χ1) is 9.93. The van der Waals surface area contributed by atoms with E-state index >= 15 is 0 Å². The third-order valence-electron chi connectivity index (χ3n) is 3.95. The number of anilines is 2. The molecule has 2 aromatic rings. The van der Waals surface area contributed by atoms with Gasteiger partial charge in [0.1, 0.15) is 11.8 Å². The molecule has 4 heteroatoms. The predicted octanol–water partition coefficient (Wildman–Crippen LogP) is 3.19. The first-order valence-corrected chi connectivity index (χ1v) is 7.01. The highest BCUT2D eigenvalue weighted by atomic mass is 15.1. The zero-order valence-electron chi connectivity index (χ0n) is 13.4. The number of nitriles is 1. The predicted molar refractivity (Wildman–Crippen MR) is 87.7 cm³/mol. The van der Waals surface area contributed by atoms with E-state index in [0.717, 1.165) is 23.5 Å². The van der Waals surface area contributed by atoms with Crippen molar-refractivity contribution < 1.29 is 0 Å². The Bertz CT molecular complexity index is 690. The molecule has 0 fully saturated rings. The molecule has 0 bridgehead atoms. The van der Waals surface area contributed by atoms with Crippen LogP contribution in [0.4, 0.5) is 11.4 Å². The Hall–Kier alpha value is -2.41. The SMILES string of the molecule is Cc1cc(N(C)C)ccc1NCc1cc(C#N)n(C)c1C. The van der Waals surface area contributed by atoms with Crippen LogP contribution in [0.15, 0.2) is 24.3 Å². The summed E-state index contributed by atoms with van der Waals surface area (Å²) in [6.07, 6.45) is 0. The highest BCUT2D eigenvalue weighted by molar-refractivity contribution is 5.60. The minimum Gasteiger partial charge on any atom is -0.381 e. The topological polar surface area (TPSA) is 44.0 Å². The van der Waals surface area contributed by atoms with Crippen molar-refractivity contribution in [1.29, 1.82) is 5.26 Å². The van der Waals surface area contributed by atoms with Crippen LogP contribution in [0, 0.1) is 25.2 Å². The number of nitrogens with zero attached hydrogens (tertiary/aromatic N) is 3. The Morgan fingerprint density at radius 3 is 2.48 bits per heavy atom. The molecule has 0 unspecified atom stereocenters. The van der Waals surface area contributed by atoms with Gasteiger partial charge >= 0.3 is 0 Å². The lowest BCUT2D eigenvalue weighted by Crippen LogP contribution is -2.09. The van der Waals surface area contributed by atoms with Crippen LogP contribution in [0.25, 0.3) is 0 Å². The van der Waals surface area contributed by atoms with Crippen LogP contribution in [-0.2, 0) is 13.6 Å². The molecule has 1 N–H and O–H groups in total. The fourth-order valence-corrected chi connectivity index (χ4v) is 2.36. The van der Waals surface area contributed by atoms with E-state index in [9.17, 15) is 0 Å². The van der Waals surface area contributed by atoms with E-state index in [0.29, 0.717) is 5.69 Å². The molecule has 1 heterocycles. The van der Waals surface area contributed by atoms with E-state index in [1.807, 2.05) is 38.7 Å². The molecule has 0 aliphatic heterocycles. The van der Waals surface area contributed by atoms with Crippen LogP contribution < -0.4 is 10.2 Å². The number of nitrogens with one attached hydrogen (secondary N) is 1. The van der Waals surface area contributed by atoms with Crippen molar-refractivity contribution in [2.45, 2.75) is 20.4 Å². The van der Waals surface area contributed by atoms with Crippen molar-refractivity contribution in [2.75, 3.05) is 24.3 Å². The number of rotatable bonds is 4. The monoisotopic (exact) mass is 282 g/mol. The van der Waals surface area contributed by atoms with Crippen LogP contribution in [0.3, 0.4) is 0 Å². The summed E-state index contributed by atoms with van der Waals surface area (Å²) in [5, 5.41) is 12.5. The van der Waals surface area contributed by atoms with Gasteiger partial charge in [-0.05, 0) is 49.2 Å². The molecule has 1 aromatic heterocycles. The molecular weight excluding hydrogens is 260 g/mol. The minimum atomic E-state index is 0.698. The van der Waals surface area contributed by atoms with Crippen molar-refractivity contribution in [1.82, 2.24) is 4.57 Å². The van der Waals surface area contributed by atoms with E-state index in [1.54, 1.807) is 0 Å². The first-order valence-electron chi connectivity index (χ1n) is 7.01. The van der Waals surface area contributed by atoms with Gasteiger partial charge < -0.3 is 14.8 Å². The summed E-state index contributed by atoms with van der Waals surface area (Å²) in [6, 6.07) is 10.5. The van der Waals surface area contributed by atoms with Crippen molar-refractivity contribution in [2.24, 2.45) is 7.05 Å². The van der Waals surface area contributed by atoms with Crippen molar-refractivity contribution in [3.8, 4) is 6.07 Å². The molecular formula is C17H22N4. The van der Waals surface area contributed by atoms with Crippen molar-refractivity contribution in [3.05, 3.63) is 46.8 Å². The van der Waals surface area contributed by atoms with E-state index in [2.05, 4.69) is 41.4 Å². The smallest absolute Gasteiger partial charge is 0.120 e. The van der Waals surface area contributed by atoms with Gasteiger partial charge in [-0.15, -0.1) is 0 Å². The molecule has 0 saturated heterocycles. The fourth-order valence-electron chi connectivity index (χ4n) is 2.36. The summed E-state index contributed by atoms with van der Waals surface area (Å²) >= 11 is 0. The average molecular weight is 282 g/mol. The quantitative estimate of drug-likeness (QED) is 0.936. The van der Waals surface area contributed by atoms with Gasteiger partial charge in [0.25, 0.3) is 0 Å². The van der Waals surface area contributed by atoms with Gasteiger partial charge in [0.15, 0.2) is 0 Å². The number of aryl methyl sites for hydroxylation is 1. The van der Waals surface area contributed by atoms with Gasteiger partial charge in [0.05, 0.1) is 0 Å². The molecule has 0 aliphatic carbocycles. The largest absolute Gasteiger partial charge is 0.381 e. The van der Waals surface area contributed by atoms with E-state index in [4.69, 9.17) is 5.26 Å². The molecule has 0 radical (unpaired) electrons. The Morgan fingerprint density at radius 1 is 1.24 bits per heavy atom. The molecule has 2 rings (SSSR count).